The van der Waals surface area contributed by atoms with E-state index in [2.05, 4.69) is 15.4 Å². The van der Waals surface area contributed by atoms with Gasteiger partial charge in [-0.3, -0.25) is 4.79 Å². The molecule has 0 aromatic carbocycles. The third-order valence-corrected chi connectivity index (χ3v) is 2.91. The number of amides is 1. The number of ether oxygens (including phenoxy) is 2. The summed E-state index contributed by atoms with van der Waals surface area (Å²) in [6, 6.07) is 0. The first kappa shape index (κ1) is 18.0. The van der Waals surface area contributed by atoms with Crippen LogP contribution >= 0.6 is 0 Å². The Bertz CT molecular complexity index is 501. The molecule has 124 valence electrons. The molecule has 9 nitrogen and oxygen atoms in total. The molecule has 0 aromatic heterocycles. The fraction of sp³-hybridized carbons (Fsp3) is 0.538. The summed E-state index contributed by atoms with van der Waals surface area (Å²) in [5.41, 5.74) is 0.367. The van der Waals surface area contributed by atoms with Gasteiger partial charge in [-0.05, 0) is 6.08 Å². The molecular weight excluding hydrogens is 296 g/mol. The van der Waals surface area contributed by atoms with E-state index in [1.807, 2.05) is 0 Å². The summed E-state index contributed by atoms with van der Waals surface area (Å²) < 4.78 is 9.90. The summed E-state index contributed by atoms with van der Waals surface area (Å²) in [4.78, 5) is 23.0. The number of aliphatic hydroxyl groups excluding tert-OH is 3. The Balaban J connectivity index is 3.29. The smallest absolute Gasteiger partial charge is 0.351 e. The summed E-state index contributed by atoms with van der Waals surface area (Å²) in [6.07, 6.45) is -3.00. The van der Waals surface area contributed by atoms with Gasteiger partial charge in [-0.25, -0.2) is 4.79 Å². The predicted molar refractivity (Wildman–Crippen MR) is 74.0 cm³/mol. The Morgan fingerprint density at radius 3 is 2.55 bits per heavy atom. The molecule has 0 saturated heterocycles. The molecular formula is C13H20N2O7. The molecule has 0 saturated carbocycles. The normalized spacial score (nSPS) is 20.5. The lowest BCUT2D eigenvalue weighted by Gasteiger charge is -2.30. The van der Waals surface area contributed by atoms with E-state index in [1.54, 1.807) is 7.05 Å². The third-order valence-electron chi connectivity index (χ3n) is 2.91. The van der Waals surface area contributed by atoms with Gasteiger partial charge >= 0.3 is 5.97 Å². The number of hydrogen-bond acceptors (Lipinski definition) is 8. The molecule has 0 aliphatic carbocycles. The summed E-state index contributed by atoms with van der Waals surface area (Å²) >= 11 is 0. The van der Waals surface area contributed by atoms with Crippen LogP contribution in [-0.4, -0.2) is 66.3 Å². The molecule has 3 atom stereocenters. The van der Waals surface area contributed by atoms with Gasteiger partial charge in [-0.2, -0.15) is 0 Å². The second-order valence-corrected chi connectivity index (χ2v) is 4.51. The summed E-state index contributed by atoms with van der Waals surface area (Å²) in [6.45, 7) is 0.516. The van der Waals surface area contributed by atoms with E-state index < -0.39 is 36.8 Å². The van der Waals surface area contributed by atoms with Gasteiger partial charge in [0, 0.05) is 14.0 Å². The Morgan fingerprint density at radius 2 is 2.09 bits per heavy atom. The number of rotatable bonds is 6. The van der Waals surface area contributed by atoms with Gasteiger partial charge < -0.3 is 35.4 Å². The Kier molecular flexibility index (Phi) is 6.35. The highest BCUT2D eigenvalue weighted by atomic mass is 16.6. The van der Waals surface area contributed by atoms with Crippen molar-refractivity contribution >= 4 is 11.9 Å². The Morgan fingerprint density at radius 1 is 1.45 bits per heavy atom. The fourth-order valence-corrected chi connectivity index (χ4v) is 1.83. The van der Waals surface area contributed by atoms with Crippen LogP contribution in [-0.2, 0) is 19.1 Å². The SMILES string of the molecule is CNC1=CC(C(=O)OC)OC(C(O)C(O)CO)=C1NC(C)=O. The van der Waals surface area contributed by atoms with Gasteiger partial charge in [0.25, 0.3) is 0 Å². The fourth-order valence-electron chi connectivity index (χ4n) is 1.83. The van der Waals surface area contributed by atoms with Crippen LogP contribution in [0.2, 0.25) is 0 Å². The quantitative estimate of drug-likeness (QED) is 0.346. The monoisotopic (exact) mass is 316 g/mol. The molecule has 9 heteroatoms. The van der Waals surface area contributed by atoms with E-state index >= 15 is 0 Å². The number of aliphatic hydroxyl groups is 3. The molecule has 0 aromatic rings. The van der Waals surface area contributed by atoms with Crippen LogP contribution in [0.25, 0.3) is 0 Å². The minimum atomic E-state index is -1.64. The molecule has 0 bridgehead atoms. The molecule has 1 rings (SSSR count). The van der Waals surface area contributed by atoms with Crippen molar-refractivity contribution in [3.63, 3.8) is 0 Å². The lowest BCUT2D eigenvalue weighted by molar-refractivity contribution is -0.150. The number of likely N-dealkylation sites (N-methyl/N-ethyl adjacent to an activating group) is 1. The molecule has 1 amide bonds. The highest BCUT2D eigenvalue weighted by Crippen LogP contribution is 2.25. The number of nitrogens with one attached hydrogen (secondary N) is 2. The maximum Gasteiger partial charge on any atom is 0.351 e. The highest BCUT2D eigenvalue weighted by Gasteiger charge is 2.35. The molecule has 1 aliphatic rings. The zero-order chi connectivity index (χ0) is 16.9. The molecule has 22 heavy (non-hydrogen) atoms. The van der Waals surface area contributed by atoms with Crippen molar-refractivity contribution in [1.82, 2.24) is 10.6 Å². The predicted octanol–water partition coefficient (Wildman–Crippen LogP) is -2.28. The van der Waals surface area contributed by atoms with Crippen molar-refractivity contribution in [1.29, 1.82) is 0 Å². The van der Waals surface area contributed by atoms with Crippen LogP contribution in [0.5, 0.6) is 0 Å². The van der Waals surface area contributed by atoms with E-state index in [1.165, 1.54) is 20.1 Å². The summed E-state index contributed by atoms with van der Waals surface area (Å²) in [7, 11) is 2.71. The summed E-state index contributed by atoms with van der Waals surface area (Å²) in [5, 5.41) is 33.8. The van der Waals surface area contributed by atoms with Gasteiger partial charge in [0.2, 0.25) is 12.0 Å². The molecule has 0 fully saturated rings. The van der Waals surface area contributed by atoms with Crippen LogP contribution in [0.4, 0.5) is 0 Å². The number of esters is 1. The zero-order valence-electron chi connectivity index (χ0n) is 12.5. The molecule has 0 radical (unpaired) electrons. The van der Waals surface area contributed by atoms with Gasteiger partial charge in [-0.15, -0.1) is 0 Å². The van der Waals surface area contributed by atoms with Crippen molar-refractivity contribution in [3.8, 4) is 0 Å². The first-order chi connectivity index (χ1) is 10.3. The van der Waals surface area contributed by atoms with Crippen molar-refractivity contribution in [2.45, 2.75) is 25.2 Å². The maximum atomic E-state index is 11.6. The zero-order valence-corrected chi connectivity index (χ0v) is 12.5. The standard InChI is InChI=1S/C13H20N2O7/c1-6(17)15-10-7(14-2)4-9(13(20)21-3)22-12(10)11(19)8(18)5-16/h4,8-9,11,14,16,18-19H,5H2,1-3H3,(H,15,17). The van der Waals surface area contributed by atoms with E-state index in [-0.39, 0.29) is 11.5 Å². The van der Waals surface area contributed by atoms with Gasteiger partial charge in [-0.1, -0.05) is 0 Å². The van der Waals surface area contributed by atoms with Crippen LogP contribution in [0, 0.1) is 0 Å². The van der Waals surface area contributed by atoms with Crippen molar-refractivity contribution < 1.29 is 34.4 Å². The van der Waals surface area contributed by atoms with Crippen molar-refractivity contribution in [3.05, 3.63) is 23.2 Å². The van der Waals surface area contributed by atoms with Gasteiger partial charge in [0.1, 0.15) is 17.9 Å². The van der Waals surface area contributed by atoms with E-state index in [0.717, 1.165) is 0 Å². The Hall–Kier alpha value is -2.10. The van der Waals surface area contributed by atoms with Gasteiger partial charge in [0.15, 0.2) is 5.76 Å². The second kappa shape index (κ2) is 7.78. The maximum absolute atomic E-state index is 11.6. The number of hydrogen-bond donors (Lipinski definition) is 5. The van der Waals surface area contributed by atoms with E-state index in [9.17, 15) is 19.8 Å². The average Bonchev–Trinajstić information content (AvgIpc) is 2.52. The van der Waals surface area contributed by atoms with E-state index in [0.29, 0.717) is 5.70 Å². The largest absolute Gasteiger partial charge is 0.474 e. The molecule has 5 N–H and O–H groups in total. The van der Waals surface area contributed by atoms with Crippen LogP contribution in [0.1, 0.15) is 6.92 Å². The second-order valence-electron chi connectivity index (χ2n) is 4.51. The molecule has 0 spiro atoms. The third kappa shape index (κ3) is 3.97. The minimum absolute atomic E-state index is 0.0650. The van der Waals surface area contributed by atoms with E-state index in [4.69, 9.17) is 9.84 Å². The van der Waals surface area contributed by atoms with Crippen LogP contribution in [0.3, 0.4) is 0 Å². The van der Waals surface area contributed by atoms with Crippen molar-refractivity contribution in [2.24, 2.45) is 0 Å². The summed E-state index contributed by atoms with van der Waals surface area (Å²) in [5.74, 6) is -1.42. The first-order valence-corrected chi connectivity index (χ1v) is 6.48. The lowest BCUT2D eigenvalue weighted by atomic mass is 10.1. The van der Waals surface area contributed by atoms with Crippen LogP contribution in [0.15, 0.2) is 23.2 Å². The number of carbonyl (C=O) groups is 2. The first-order valence-electron chi connectivity index (χ1n) is 6.48. The topological polar surface area (TPSA) is 137 Å². The number of methoxy groups -OCH3 is 1. The Labute approximate surface area is 127 Å². The molecule has 1 aliphatic heterocycles. The minimum Gasteiger partial charge on any atom is -0.474 e. The van der Waals surface area contributed by atoms with Gasteiger partial charge in [0.05, 0.1) is 19.4 Å². The lowest BCUT2D eigenvalue weighted by Crippen LogP contribution is -2.41. The van der Waals surface area contributed by atoms with Crippen LogP contribution < -0.4 is 10.6 Å². The highest BCUT2D eigenvalue weighted by molar-refractivity contribution is 5.79. The number of carbonyl (C=O) groups excluding carboxylic acids is 2. The average molecular weight is 316 g/mol. The molecule has 1 heterocycles. The molecule has 3 unspecified atom stereocenters. The van der Waals surface area contributed by atoms with Crippen molar-refractivity contribution in [2.75, 3.05) is 20.8 Å².